The lowest BCUT2D eigenvalue weighted by atomic mass is 11.3. The largest absolute Gasteiger partial charge is 0.327 e. The fourth-order valence-corrected chi connectivity index (χ4v) is 1.83. The normalized spacial score (nSPS) is 12.6. The highest BCUT2D eigenvalue weighted by atomic mass is 31.2. The molecule has 0 aliphatic rings. The molecule has 0 aliphatic heterocycles. The highest BCUT2D eigenvalue weighted by Crippen LogP contribution is 2.49. The van der Waals surface area contributed by atoms with Crippen LogP contribution in [0.2, 0.25) is 0 Å². The van der Waals surface area contributed by atoms with Crippen LogP contribution in [0, 0.1) is 0 Å². The summed E-state index contributed by atoms with van der Waals surface area (Å²) in [7, 11) is 4.21. The highest BCUT2D eigenvalue weighted by molar-refractivity contribution is 7.57. The average molecular weight is 163 g/mol. The van der Waals surface area contributed by atoms with Gasteiger partial charge in [-0.15, -0.1) is 0 Å². The van der Waals surface area contributed by atoms with Crippen molar-refractivity contribution in [1.29, 1.82) is 0 Å². The molecule has 5 heteroatoms. The Balaban J connectivity index is 4.57. The van der Waals surface area contributed by atoms with E-state index in [2.05, 4.69) is 11.5 Å². The van der Waals surface area contributed by atoms with Crippen molar-refractivity contribution in [3.05, 3.63) is 0 Å². The molecule has 0 radical (unpaired) electrons. The van der Waals surface area contributed by atoms with Crippen molar-refractivity contribution in [2.45, 2.75) is 0 Å². The standard InChI is InChI=1S/C5H14N3OP/c1-6-10(9,7(2)3)8(4)5/h1H2,2-5H3. The molecule has 0 unspecified atom stereocenters. The third kappa shape index (κ3) is 1.66. The maximum atomic E-state index is 11.6. The first-order valence-electron chi connectivity index (χ1n) is 2.89. The van der Waals surface area contributed by atoms with E-state index in [4.69, 9.17) is 0 Å². The monoisotopic (exact) mass is 163 g/mol. The predicted molar refractivity (Wildman–Crippen MR) is 44.5 cm³/mol. The van der Waals surface area contributed by atoms with Crippen LogP contribution in [0.25, 0.3) is 0 Å². The van der Waals surface area contributed by atoms with E-state index in [1.165, 1.54) is 0 Å². The molecular weight excluding hydrogens is 149 g/mol. The summed E-state index contributed by atoms with van der Waals surface area (Å²) in [6.07, 6.45) is 0. The zero-order chi connectivity index (χ0) is 8.36. The smallest absolute Gasteiger partial charge is 0.262 e. The molecule has 0 saturated heterocycles. The van der Waals surface area contributed by atoms with Crippen LogP contribution < -0.4 is 0 Å². The van der Waals surface area contributed by atoms with Gasteiger partial charge in [0.1, 0.15) is 0 Å². The third-order valence-electron chi connectivity index (χ3n) is 1.23. The van der Waals surface area contributed by atoms with E-state index < -0.39 is 7.59 Å². The molecule has 0 amide bonds. The molecule has 0 aromatic carbocycles. The Morgan fingerprint density at radius 3 is 1.50 bits per heavy atom. The van der Waals surface area contributed by atoms with Crippen molar-refractivity contribution < 1.29 is 4.57 Å². The Labute approximate surface area is 62.1 Å². The van der Waals surface area contributed by atoms with Gasteiger partial charge in [0.05, 0.1) is 0 Å². The SMILES string of the molecule is C=NP(=O)(N(C)C)N(C)C. The molecular formula is C5H14N3OP. The van der Waals surface area contributed by atoms with Crippen molar-refractivity contribution in [2.75, 3.05) is 28.2 Å². The second-order valence-electron chi connectivity index (χ2n) is 2.35. The summed E-state index contributed by atoms with van der Waals surface area (Å²) >= 11 is 0. The minimum absolute atomic E-state index is 1.57. The Hall–Kier alpha value is -0.180. The van der Waals surface area contributed by atoms with Crippen molar-refractivity contribution in [1.82, 2.24) is 9.34 Å². The maximum absolute atomic E-state index is 11.6. The van der Waals surface area contributed by atoms with Crippen molar-refractivity contribution in [3.8, 4) is 0 Å². The first-order chi connectivity index (χ1) is 4.45. The molecule has 0 rings (SSSR count). The van der Waals surface area contributed by atoms with E-state index in [-0.39, 0.29) is 0 Å². The van der Waals surface area contributed by atoms with Gasteiger partial charge in [0.25, 0.3) is 0 Å². The van der Waals surface area contributed by atoms with Crippen LogP contribution in [0.4, 0.5) is 0 Å². The number of hydrogen-bond donors (Lipinski definition) is 0. The molecule has 0 aliphatic carbocycles. The van der Waals surface area contributed by atoms with Gasteiger partial charge in [-0.25, -0.2) is 14.1 Å². The van der Waals surface area contributed by atoms with Gasteiger partial charge in [-0.1, -0.05) is 0 Å². The van der Waals surface area contributed by atoms with Crippen LogP contribution in [-0.4, -0.2) is 44.2 Å². The lowest BCUT2D eigenvalue weighted by molar-refractivity contribution is 0.450. The van der Waals surface area contributed by atoms with Crippen LogP contribution in [0.3, 0.4) is 0 Å². The number of hydrogen-bond acceptors (Lipinski definition) is 1. The topological polar surface area (TPSA) is 35.9 Å². The van der Waals surface area contributed by atoms with Gasteiger partial charge in [0, 0.05) is 0 Å². The summed E-state index contributed by atoms with van der Waals surface area (Å²) in [5.74, 6) is 0. The Morgan fingerprint density at radius 2 is 1.50 bits per heavy atom. The second kappa shape index (κ2) is 3.28. The molecule has 0 heterocycles. The summed E-state index contributed by atoms with van der Waals surface area (Å²) in [4.78, 5) is 0. The first-order valence-corrected chi connectivity index (χ1v) is 4.45. The fourth-order valence-electron chi connectivity index (χ4n) is 0.611. The van der Waals surface area contributed by atoms with Gasteiger partial charge in [0.2, 0.25) is 0 Å². The third-order valence-corrected chi connectivity index (χ3v) is 3.68. The maximum Gasteiger partial charge on any atom is 0.327 e. The van der Waals surface area contributed by atoms with Crippen molar-refractivity contribution in [3.63, 3.8) is 0 Å². The molecule has 0 aromatic heterocycles. The average Bonchev–Trinajstić information content (AvgIpc) is 1.85. The van der Waals surface area contributed by atoms with Crippen molar-refractivity contribution in [2.24, 2.45) is 4.76 Å². The molecule has 10 heavy (non-hydrogen) atoms. The van der Waals surface area contributed by atoms with E-state index in [1.807, 2.05) is 0 Å². The Morgan fingerprint density at radius 1 is 1.20 bits per heavy atom. The molecule has 0 fully saturated rings. The molecule has 0 spiro atoms. The number of rotatable bonds is 3. The lowest BCUT2D eigenvalue weighted by Gasteiger charge is -2.25. The summed E-state index contributed by atoms with van der Waals surface area (Å²) in [5, 5.41) is 0. The van der Waals surface area contributed by atoms with Crippen LogP contribution in [0.1, 0.15) is 0 Å². The summed E-state index contributed by atoms with van der Waals surface area (Å²) in [6, 6.07) is 0. The van der Waals surface area contributed by atoms with E-state index >= 15 is 0 Å². The highest BCUT2D eigenvalue weighted by Gasteiger charge is 2.25. The fraction of sp³-hybridized carbons (Fsp3) is 0.800. The molecule has 4 nitrogen and oxygen atoms in total. The number of nitrogens with zero attached hydrogens (tertiary/aromatic N) is 3. The second-order valence-corrected chi connectivity index (χ2v) is 5.26. The Kier molecular flexibility index (Phi) is 3.22. The molecule has 0 saturated carbocycles. The van der Waals surface area contributed by atoms with Crippen molar-refractivity contribution >= 4 is 14.3 Å². The molecule has 0 aromatic rings. The lowest BCUT2D eigenvalue weighted by Crippen LogP contribution is -2.18. The summed E-state index contributed by atoms with van der Waals surface area (Å²) in [6.45, 7) is 3.28. The van der Waals surface area contributed by atoms with Gasteiger partial charge < -0.3 is 0 Å². The zero-order valence-electron chi connectivity index (χ0n) is 6.90. The molecule has 60 valence electrons. The first kappa shape index (κ1) is 9.82. The van der Waals surface area contributed by atoms with Gasteiger partial charge in [-0.3, -0.25) is 4.57 Å². The van der Waals surface area contributed by atoms with Gasteiger partial charge >= 0.3 is 7.59 Å². The zero-order valence-corrected chi connectivity index (χ0v) is 7.80. The molecule has 0 atom stereocenters. The van der Waals surface area contributed by atoms with Gasteiger partial charge in [-0.2, -0.15) is 0 Å². The molecule has 0 bridgehead atoms. The van der Waals surface area contributed by atoms with Gasteiger partial charge in [-0.05, 0) is 34.9 Å². The Bertz CT molecular complexity index is 154. The molecule has 0 N–H and O–H groups in total. The van der Waals surface area contributed by atoms with Gasteiger partial charge in [0.15, 0.2) is 0 Å². The minimum Gasteiger partial charge on any atom is -0.262 e. The van der Waals surface area contributed by atoms with E-state index in [0.717, 1.165) is 0 Å². The van der Waals surface area contributed by atoms with Crippen LogP contribution in [-0.2, 0) is 4.57 Å². The van der Waals surface area contributed by atoms with E-state index in [9.17, 15) is 4.57 Å². The van der Waals surface area contributed by atoms with Crippen LogP contribution in [0.5, 0.6) is 0 Å². The summed E-state index contributed by atoms with van der Waals surface area (Å²) in [5.41, 5.74) is 0. The van der Waals surface area contributed by atoms with E-state index in [0.29, 0.717) is 0 Å². The predicted octanol–water partition coefficient (Wildman–Crippen LogP) is 0.918. The van der Waals surface area contributed by atoms with Crippen LogP contribution >= 0.6 is 7.59 Å². The van der Waals surface area contributed by atoms with Crippen LogP contribution in [0.15, 0.2) is 4.76 Å². The van der Waals surface area contributed by atoms with E-state index in [1.54, 1.807) is 37.5 Å². The quantitative estimate of drug-likeness (QED) is 0.458. The minimum atomic E-state index is -2.66. The summed E-state index contributed by atoms with van der Waals surface area (Å²) < 4.78 is 18.3.